The molecule has 0 aromatic heterocycles. The van der Waals surface area contributed by atoms with Gasteiger partial charge in [-0.1, -0.05) is 60.1 Å². The van der Waals surface area contributed by atoms with E-state index in [0.29, 0.717) is 10.7 Å². The number of carbonyl (C=O) groups excluding carboxylic acids is 1. The number of halogens is 1. The Kier molecular flexibility index (Phi) is 6.46. The monoisotopic (exact) mass is 414 g/mol. The van der Waals surface area contributed by atoms with Gasteiger partial charge in [0.1, 0.15) is 0 Å². The summed E-state index contributed by atoms with van der Waals surface area (Å²) < 4.78 is 27.4. The lowest BCUT2D eigenvalue weighted by Gasteiger charge is -2.22. The molecule has 5 nitrogen and oxygen atoms in total. The van der Waals surface area contributed by atoms with Crippen molar-refractivity contribution in [3.8, 4) is 0 Å². The Morgan fingerprint density at radius 2 is 1.43 bits per heavy atom. The van der Waals surface area contributed by atoms with E-state index in [1.165, 1.54) is 16.4 Å². The molecule has 3 aromatic rings. The molecule has 0 spiro atoms. The number of hydrogen-bond acceptors (Lipinski definition) is 3. The minimum absolute atomic E-state index is 0.0894. The van der Waals surface area contributed by atoms with Crippen LogP contribution in [0.15, 0.2) is 89.8 Å². The molecule has 3 rings (SSSR count). The maximum absolute atomic E-state index is 13.1. The predicted octanol–water partition coefficient (Wildman–Crippen LogP) is 4.17. The molecular formula is C21H19ClN2O3S. The summed E-state index contributed by atoms with van der Waals surface area (Å²) in [5.74, 6) is -0.433. The fraction of sp³-hybridized carbons (Fsp3) is 0.0952. The summed E-state index contributed by atoms with van der Waals surface area (Å²) in [7, 11) is -3.84. The second kappa shape index (κ2) is 9.01. The van der Waals surface area contributed by atoms with E-state index in [0.717, 1.165) is 5.56 Å². The summed E-state index contributed by atoms with van der Waals surface area (Å²) in [6.45, 7) is -0.221. The van der Waals surface area contributed by atoms with Gasteiger partial charge in [0, 0.05) is 17.3 Å². The molecule has 0 aliphatic carbocycles. The number of nitrogens with one attached hydrogen (secondary N) is 1. The van der Waals surface area contributed by atoms with Gasteiger partial charge in [0.2, 0.25) is 15.9 Å². The number of sulfonamides is 1. The highest BCUT2D eigenvalue weighted by Crippen LogP contribution is 2.19. The average molecular weight is 415 g/mol. The molecule has 144 valence electrons. The molecule has 0 atom stereocenters. The van der Waals surface area contributed by atoms with Gasteiger partial charge in [-0.25, -0.2) is 8.42 Å². The minimum atomic E-state index is -3.84. The number of benzene rings is 3. The van der Waals surface area contributed by atoms with Crippen LogP contribution in [0.2, 0.25) is 5.02 Å². The van der Waals surface area contributed by atoms with Gasteiger partial charge in [0.25, 0.3) is 0 Å². The zero-order chi connectivity index (χ0) is 20.0. The Hall–Kier alpha value is -2.67. The van der Waals surface area contributed by atoms with Crippen LogP contribution in [-0.4, -0.2) is 25.2 Å². The van der Waals surface area contributed by atoms with E-state index in [9.17, 15) is 13.2 Å². The van der Waals surface area contributed by atoms with Crippen molar-refractivity contribution in [3.63, 3.8) is 0 Å². The summed E-state index contributed by atoms with van der Waals surface area (Å²) >= 11 is 5.85. The molecule has 0 saturated heterocycles. The highest BCUT2D eigenvalue weighted by atomic mass is 35.5. The molecule has 0 saturated carbocycles. The lowest BCUT2D eigenvalue weighted by molar-refractivity contribution is -0.116. The van der Waals surface area contributed by atoms with E-state index >= 15 is 0 Å². The van der Waals surface area contributed by atoms with Gasteiger partial charge in [0.15, 0.2) is 0 Å². The molecule has 0 heterocycles. The van der Waals surface area contributed by atoms with E-state index in [1.807, 2.05) is 30.3 Å². The zero-order valence-electron chi connectivity index (χ0n) is 15.0. The van der Waals surface area contributed by atoms with Crippen LogP contribution < -0.4 is 5.32 Å². The van der Waals surface area contributed by atoms with Crippen LogP contribution in [0.3, 0.4) is 0 Å². The maximum Gasteiger partial charge on any atom is 0.243 e. The van der Waals surface area contributed by atoms with Crippen molar-refractivity contribution < 1.29 is 13.2 Å². The molecule has 28 heavy (non-hydrogen) atoms. The molecule has 1 N–H and O–H groups in total. The molecule has 0 aliphatic heterocycles. The van der Waals surface area contributed by atoms with Gasteiger partial charge in [-0.05, 0) is 42.0 Å². The van der Waals surface area contributed by atoms with E-state index < -0.39 is 15.9 Å². The van der Waals surface area contributed by atoms with Crippen molar-refractivity contribution in [2.24, 2.45) is 0 Å². The first-order valence-corrected chi connectivity index (χ1v) is 10.4. The zero-order valence-corrected chi connectivity index (χ0v) is 16.5. The van der Waals surface area contributed by atoms with Gasteiger partial charge in [-0.3, -0.25) is 4.79 Å². The van der Waals surface area contributed by atoms with Gasteiger partial charge in [-0.15, -0.1) is 0 Å². The fourth-order valence-corrected chi connectivity index (χ4v) is 4.18. The molecule has 0 aliphatic rings. The molecule has 7 heteroatoms. The van der Waals surface area contributed by atoms with Crippen LogP contribution in [0.25, 0.3) is 0 Å². The number of anilines is 1. The van der Waals surface area contributed by atoms with E-state index in [4.69, 9.17) is 11.6 Å². The fourth-order valence-electron chi connectivity index (χ4n) is 2.65. The van der Waals surface area contributed by atoms with Crippen LogP contribution >= 0.6 is 11.6 Å². The smallest absolute Gasteiger partial charge is 0.243 e. The number of rotatable bonds is 7. The third kappa shape index (κ3) is 5.19. The summed E-state index contributed by atoms with van der Waals surface area (Å²) in [5.41, 5.74) is 1.34. The molecule has 0 fully saturated rings. The van der Waals surface area contributed by atoms with Crippen LogP contribution in [0.1, 0.15) is 5.56 Å². The largest absolute Gasteiger partial charge is 0.325 e. The summed E-state index contributed by atoms with van der Waals surface area (Å²) in [4.78, 5) is 12.7. The number of hydrogen-bond donors (Lipinski definition) is 1. The quantitative estimate of drug-likeness (QED) is 0.631. The summed E-state index contributed by atoms with van der Waals surface area (Å²) in [6.07, 6.45) is 0. The molecular weight excluding hydrogens is 396 g/mol. The third-order valence-corrected chi connectivity index (χ3v) is 6.09. The van der Waals surface area contributed by atoms with Crippen molar-refractivity contribution in [3.05, 3.63) is 95.5 Å². The molecule has 0 bridgehead atoms. The summed E-state index contributed by atoms with van der Waals surface area (Å²) in [5, 5.41) is 3.26. The predicted molar refractivity (Wildman–Crippen MR) is 111 cm³/mol. The van der Waals surface area contributed by atoms with Crippen molar-refractivity contribution >= 4 is 33.2 Å². The molecule has 0 radical (unpaired) electrons. The lowest BCUT2D eigenvalue weighted by atomic mass is 10.2. The minimum Gasteiger partial charge on any atom is -0.325 e. The van der Waals surface area contributed by atoms with E-state index in [1.54, 1.807) is 42.5 Å². The SMILES string of the molecule is O=C(CN(Cc1ccccc1)S(=O)(=O)c1ccccc1)Nc1ccc(Cl)cc1. The average Bonchev–Trinajstić information content (AvgIpc) is 2.71. The van der Waals surface area contributed by atoms with E-state index in [2.05, 4.69) is 5.32 Å². The Morgan fingerprint density at radius 3 is 2.04 bits per heavy atom. The van der Waals surface area contributed by atoms with Crippen LogP contribution in [0.5, 0.6) is 0 Å². The van der Waals surface area contributed by atoms with Crippen molar-refractivity contribution in [1.82, 2.24) is 4.31 Å². The second-order valence-electron chi connectivity index (χ2n) is 6.13. The topological polar surface area (TPSA) is 66.5 Å². The summed E-state index contributed by atoms with van der Waals surface area (Å²) in [6, 6.07) is 23.9. The van der Waals surface area contributed by atoms with Crippen LogP contribution in [0, 0.1) is 0 Å². The van der Waals surface area contributed by atoms with Crippen molar-refractivity contribution in [1.29, 1.82) is 0 Å². The molecule has 3 aromatic carbocycles. The first-order valence-electron chi connectivity index (χ1n) is 8.60. The Bertz CT molecular complexity index is 1020. The van der Waals surface area contributed by atoms with Gasteiger partial charge in [-0.2, -0.15) is 4.31 Å². The second-order valence-corrected chi connectivity index (χ2v) is 8.50. The Labute approximate surface area is 169 Å². The number of carbonyl (C=O) groups is 1. The number of nitrogens with zero attached hydrogens (tertiary/aromatic N) is 1. The normalized spacial score (nSPS) is 11.4. The van der Waals surface area contributed by atoms with Gasteiger partial charge >= 0.3 is 0 Å². The maximum atomic E-state index is 13.1. The third-order valence-electron chi connectivity index (χ3n) is 4.03. The van der Waals surface area contributed by atoms with E-state index in [-0.39, 0.29) is 18.0 Å². The van der Waals surface area contributed by atoms with Gasteiger partial charge in [0.05, 0.1) is 11.4 Å². The highest BCUT2D eigenvalue weighted by molar-refractivity contribution is 7.89. The first kappa shape index (κ1) is 20.1. The van der Waals surface area contributed by atoms with Crippen molar-refractivity contribution in [2.75, 3.05) is 11.9 Å². The first-order chi connectivity index (χ1) is 13.4. The Morgan fingerprint density at radius 1 is 0.857 bits per heavy atom. The molecule has 1 amide bonds. The van der Waals surface area contributed by atoms with Crippen molar-refractivity contribution in [2.45, 2.75) is 11.4 Å². The van der Waals surface area contributed by atoms with Crippen LogP contribution in [-0.2, 0) is 21.4 Å². The standard InChI is InChI=1S/C21H19ClN2O3S/c22-18-11-13-19(14-12-18)23-21(25)16-24(15-17-7-3-1-4-8-17)28(26,27)20-9-5-2-6-10-20/h1-14H,15-16H2,(H,23,25). The molecule has 0 unspecified atom stereocenters. The lowest BCUT2D eigenvalue weighted by Crippen LogP contribution is -2.37. The highest BCUT2D eigenvalue weighted by Gasteiger charge is 2.26. The van der Waals surface area contributed by atoms with Gasteiger partial charge < -0.3 is 5.32 Å². The Balaban J connectivity index is 1.83. The number of amides is 1. The van der Waals surface area contributed by atoms with Crippen LogP contribution in [0.4, 0.5) is 5.69 Å².